The van der Waals surface area contributed by atoms with Gasteiger partial charge in [-0.3, -0.25) is 20.3 Å². The number of nitro benzene ring substituents is 1. The first-order chi connectivity index (χ1) is 14.1. The number of nitro groups is 1. The van der Waals surface area contributed by atoms with Crippen molar-refractivity contribution in [2.75, 3.05) is 17.3 Å². The molecule has 0 spiro atoms. The summed E-state index contributed by atoms with van der Waals surface area (Å²) in [4.78, 5) is 10.2. The van der Waals surface area contributed by atoms with Crippen molar-refractivity contribution in [3.05, 3.63) is 52.6 Å². The van der Waals surface area contributed by atoms with Gasteiger partial charge in [-0.15, -0.1) is 0 Å². The summed E-state index contributed by atoms with van der Waals surface area (Å²) >= 11 is 0. The van der Waals surface area contributed by atoms with Gasteiger partial charge in [0, 0.05) is 23.5 Å². The van der Waals surface area contributed by atoms with Crippen LogP contribution in [0.2, 0.25) is 0 Å². The monoisotopic (exact) mass is 434 g/mol. The van der Waals surface area contributed by atoms with Crippen molar-refractivity contribution in [2.45, 2.75) is 38.5 Å². The molecule has 0 bridgehead atoms. The molecule has 0 fully saturated rings. The molecule has 0 unspecified atom stereocenters. The van der Waals surface area contributed by atoms with E-state index >= 15 is 0 Å². The lowest BCUT2D eigenvalue weighted by Gasteiger charge is -2.13. The van der Waals surface area contributed by atoms with E-state index in [9.17, 15) is 18.5 Å². The maximum atomic E-state index is 13.0. The normalized spacial score (nSPS) is 12.0. The molecular formula is C20H26N4O5S. The van der Waals surface area contributed by atoms with Crippen LogP contribution in [0.25, 0.3) is 0 Å². The molecule has 2 aromatic rings. The van der Waals surface area contributed by atoms with Crippen molar-refractivity contribution < 1.29 is 18.1 Å². The Bertz CT molecular complexity index is 1020. The van der Waals surface area contributed by atoms with Gasteiger partial charge in [-0.25, -0.2) is 8.42 Å². The number of non-ortho nitro benzene ring substituents is 1. The van der Waals surface area contributed by atoms with E-state index in [0.717, 1.165) is 24.6 Å². The highest BCUT2D eigenvalue weighted by Gasteiger charge is 2.23. The molecule has 10 heteroatoms. The van der Waals surface area contributed by atoms with Crippen molar-refractivity contribution in [1.29, 1.82) is 0 Å². The van der Waals surface area contributed by atoms with Gasteiger partial charge in [-0.1, -0.05) is 13.8 Å². The third-order valence-corrected chi connectivity index (χ3v) is 5.68. The molecule has 30 heavy (non-hydrogen) atoms. The van der Waals surface area contributed by atoms with Crippen LogP contribution in [-0.4, -0.2) is 26.2 Å². The fourth-order valence-corrected chi connectivity index (χ4v) is 3.75. The van der Waals surface area contributed by atoms with E-state index < -0.39 is 14.9 Å². The van der Waals surface area contributed by atoms with Gasteiger partial charge in [-0.05, 0) is 56.0 Å². The van der Waals surface area contributed by atoms with Gasteiger partial charge in [0.1, 0.15) is 10.6 Å². The molecule has 0 aromatic heterocycles. The summed E-state index contributed by atoms with van der Waals surface area (Å²) in [7, 11) is -2.62. The summed E-state index contributed by atoms with van der Waals surface area (Å²) in [6.45, 7) is 6.05. The van der Waals surface area contributed by atoms with Crippen LogP contribution in [0.15, 0.2) is 52.5 Å². The molecule has 0 aliphatic rings. The molecule has 2 rings (SSSR count). The van der Waals surface area contributed by atoms with E-state index in [4.69, 9.17) is 4.74 Å². The lowest BCUT2D eigenvalue weighted by molar-refractivity contribution is -0.385. The summed E-state index contributed by atoms with van der Waals surface area (Å²) in [5.41, 5.74) is 3.64. The molecule has 0 saturated heterocycles. The van der Waals surface area contributed by atoms with Crippen LogP contribution >= 0.6 is 0 Å². The van der Waals surface area contributed by atoms with Crippen LogP contribution in [0.1, 0.15) is 33.6 Å². The van der Waals surface area contributed by atoms with Crippen LogP contribution in [0.3, 0.4) is 0 Å². The average molecular weight is 435 g/mol. The maximum absolute atomic E-state index is 13.0. The van der Waals surface area contributed by atoms with E-state index in [0.29, 0.717) is 17.4 Å². The highest BCUT2D eigenvalue weighted by atomic mass is 32.2. The number of rotatable bonds is 10. The molecule has 0 aliphatic carbocycles. The number of hydrogen-bond donors (Lipinski definition) is 2. The predicted molar refractivity (Wildman–Crippen MR) is 118 cm³/mol. The molecule has 0 aliphatic heterocycles. The Morgan fingerprint density at radius 3 is 2.43 bits per heavy atom. The quantitative estimate of drug-likeness (QED) is 0.319. The lowest BCUT2D eigenvalue weighted by Crippen LogP contribution is -2.15. The Morgan fingerprint density at radius 2 is 1.87 bits per heavy atom. The van der Waals surface area contributed by atoms with Crippen molar-refractivity contribution in [3.8, 4) is 5.75 Å². The number of nitrogens with zero attached hydrogens (tertiary/aromatic N) is 2. The maximum Gasteiger partial charge on any atom is 0.270 e. The van der Waals surface area contributed by atoms with Gasteiger partial charge in [0.05, 0.1) is 17.7 Å². The zero-order chi connectivity index (χ0) is 22.3. The second-order valence-corrected chi connectivity index (χ2v) is 8.81. The van der Waals surface area contributed by atoms with Crippen LogP contribution in [0, 0.1) is 16.0 Å². The van der Waals surface area contributed by atoms with Crippen molar-refractivity contribution in [2.24, 2.45) is 11.0 Å². The second kappa shape index (κ2) is 10.1. The molecular weight excluding hydrogens is 408 g/mol. The molecule has 9 nitrogen and oxygen atoms in total. The van der Waals surface area contributed by atoms with Gasteiger partial charge >= 0.3 is 0 Å². The van der Waals surface area contributed by atoms with E-state index in [1.54, 1.807) is 12.1 Å². The Labute approximate surface area is 176 Å². The molecule has 0 heterocycles. The van der Waals surface area contributed by atoms with Crippen LogP contribution < -0.4 is 14.9 Å². The number of hydrazone groups is 1. The number of nitrogens with one attached hydrogen (secondary N) is 2. The first kappa shape index (κ1) is 23.1. The van der Waals surface area contributed by atoms with Crippen molar-refractivity contribution in [3.63, 3.8) is 0 Å². The lowest BCUT2D eigenvalue weighted by atomic mass is 10.1. The fourth-order valence-electron chi connectivity index (χ4n) is 2.52. The highest BCUT2D eigenvalue weighted by molar-refractivity contribution is 7.92. The predicted octanol–water partition coefficient (Wildman–Crippen LogP) is 4.63. The first-order valence-corrected chi connectivity index (χ1v) is 10.8. The Kier molecular flexibility index (Phi) is 7.76. The van der Waals surface area contributed by atoms with E-state index in [2.05, 4.69) is 29.1 Å². The summed E-state index contributed by atoms with van der Waals surface area (Å²) in [5, 5.41) is 15.4. The van der Waals surface area contributed by atoms with E-state index in [1.165, 1.54) is 31.4 Å². The molecule has 0 atom stereocenters. The molecule has 2 N–H and O–H groups in total. The number of benzene rings is 2. The summed E-state index contributed by atoms with van der Waals surface area (Å²) in [5.74, 6) is 1.08. The Hall–Kier alpha value is -3.14. The van der Waals surface area contributed by atoms with Gasteiger partial charge in [-0.2, -0.15) is 5.10 Å². The summed E-state index contributed by atoms with van der Waals surface area (Å²) in [6, 6.07) is 9.85. The molecule has 0 saturated carbocycles. The number of ether oxygens (including phenoxy) is 1. The summed E-state index contributed by atoms with van der Waals surface area (Å²) in [6.07, 6.45) is 1.70. The highest BCUT2D eigenvalue weighted by Crippen LogP contribution is 2.29. The van der Waals surface area contributed by atoms with Crippen LogP contribution in [0.4, 0.5) is 17.1 Å². The Balaban J connectivity index is 2.35. The minimum Gasteiger partial charge on any atom is -0.497 e. The summed E-state index contributed by atoms with van der Waals surface area (Å²) < 4.78 is 33.4. The van der Waals surface area contributed by atoms with Crippen LogP contribution in [-0.2, 0) is 10.0 Å². The first-order valence-electron chi connectivity index (χ1n) is 9.37. The van der Waals surface area contributed by atoms with Gasteiger partial charge in [0.15, 0.2) is 0 Å². The third-order valence-electron chi connectivity index (χ3n) is 4.26. The van der Waals surface area contributed by atoms with Gasteiger partial charge in [0.25, 0.3) is 15.7 Å². The smallest absolute Gasteiger partial charge is 0.270 e. The van der Waals surface area contributed by atoms with E-state index in [-0.39, 0.29) is 16.3 Å². The standard InChI is InChI=1S/C20H26N4O5S/c1-14(2)5-6-15(3)21-22-19-12-9-17(24(25)26)13-20(19)30(27,28)23-16-7-10-18(29-4)11-8-16/h7-14,22-23H,5-6H2,1-4H3. The fraction of sp³-hybridized carbons (Fsp3) is 0.350. The zero-order valence-electron chi connectivity index (χ0n) is 17.4. The number of methoxy groups -OCH3 is 1. The van der Waals surface area contributed by atoms with E-state index in [1.807, 2.05) is 6.92 Å². The number of anilines is 2. The minimum absolute atomic E-state index is 0.144. The zero-order valence-corrected chi connectivity index (χ0v) is 18.2. The van der Waals surface area contributed by atoms with Crippen LogP contribution in [0.5, 0.6) is 5.75 Å². The van der Waals surface area contributed by atoms with Crippen molar-refractivity contribution >= 4 is 32.8 Å². The third kappa shape index (κ3) is 6.45. The number of hydrogen-bond acceptors (Lipinski definition) is 7. The molecule has 2 aromatic carbocycles. The average Bonchev–Trinajstić information content (AvgIpc) is 2.70. The molecule has 0 amide bonds. The minimum atomic E-state index is -4.12. The SMILES string of the molecule is COc1ccc(NS(=O)(=O)c2cc([N+](=O)[O-])ccc2NN=C(C)CCC(C)C)cc1. The Morgan fingerprint density at radius 1 is 1.20 bits per heavy atom. The molecule has 162 valence electrons. The number of sulfonamides is 1. The topological polar surface area (TPSA) is 123 Å². The molecule has 0 radical (unpaired) electrons. The van der Waals surface area contributed by atoms with Gasteiger partial charge < -0.3 is 4.74 Å². The van der Waals surface area contributed by atoms with Gasteiger partial charge in [0.2, 0.25) is 0 Å². The second-order valence-electron chi connectivity index (χ2n) is 7.16. The van der Waals surface area contributed by atoms with Crippen molar-refractivity contribution in [1.82, 2.24) is 0 Å². The largest absolute Gasteiger partial charge is 0.497 e.